The van der Waals surface area contributed by atoms with Crippen LogP contribution in [0.5, 0.6) is 0 Å². The van der Waals surface area contributed by atoms with E-state index in [0.29, 0.717) is 6.04 Å². The first kappa shape index (κ1) is 12.6. The van der Waals surface area contributed by atoms with Crippen LogP contribution >= 0.6 is 0 Å². The summed E-state index contributed by atoms with van der Waals surface area (Å²) in [4.78, 5) is 0. The number of fused-ring (bicyclic) bond motifs is 1. The van der Waals surface area contributed by atoms with E-state index in [1.54, 1.807) is 11.1 Å². The highest BCUT2D eigenvalue weighted by Crippen LogP contribution is 2.46. The molecule has 0 amide bonds. The molecule has 0 aliphatic heterocycles. The van der Waals surface area contributed by atoms with Gasteiger partial charge in [-0.3, -0.25) is 0 Å². The van der Waals surface area contributed by atoms with Gasteiger partial charge < -0.3 is 5.32 Å². The standard InChI is InChI=1S/C16H25N/c1-4-8-13-12(3)16(17-11-5-2)15-10-7-6-9-14(13)15/h6-7,9-10,12-13,16-17H,4-5,8,11H2,1-3H3. The highest BCUT2D eigenvalue weighted by atomic mass is 14.9. The second kappa shape index (κ2) is 5.68. The summed E-state index contributed by atoms with van der Waals surface area (Å²) in [7, 11) is 0. The minimum atomic E-state index is 0.572. The highest BCUT2D eigenvalue weighted by Gasteiger charge is 2.36. The zero-order valence-electron chi connectivity index (χ0n) is 11.4. The van der Waals surface area contributed by atoms with Gasteiger partial charge in [0.1, 0.15) is 0 Å². The fraction of sp³-hybridized carbons (Fsp3) is 0.625. The Morgan fingerprint density at radius 2 is 1.76 bits per heavy atom. The van der Waals surface area contributed by atoms with Crippen molar-refractivity contribution in [3.8, 4) is 0 Å². The molecule has 0 fully saturated rings. The van der Waals surface area contributed by atoms with Crippen molar-refractivity contribution < 1.29 is 0 Å². The molecule has 1 aromatic rings. The summed E-state index contributed by atoms with van der Waals surface area (Å²) in [6.45, 7) is 8.07. The molecule has 0 radical (unpaired) electrons. The van der Waals surface area contributed by atoms with Crippen LogP contribution in [0.4, 0.5) is 0 Å². The van der Waals surface area contributed by atoms with Crippen LogP contribution in [0, 0.1) is 5.92 Å². The minimum absolute atomic E-state index is 0.572. The summed E-state index contributed by atoms with van der Waals surface area (Å²) in [5.41, 5.74) is 3.14. The van der Waals surface area contributed by atoms with Crippen molar-refractivity contribution in [3.63, 3.8) is 0 Å². The lowest BCUT2D eigenvalue weighted by Gasteiger charge is -2.22. The van der Waals surface area contributed by atoms with Crippen LogP contribution < -0.4 is 5.32 Å². The molecule has 0 aromatic heterocycles. The Kier molecular flexibility index (Phi) is 4.22. The van der Waals surface area contributed by atoms with Crippen molar-refractivity contribution >= 4 is 0 Å². The zero-order chi connectivity index (χ0) is 12.3. The Morgan fingerprint density at radius 1 is 1.06 bits per heavy atom. The first-order valence-corrected chi connectivity index (χ1v) is 7.11. The van der Waals surface area contributed by atoms with Gasteiger partial charge in [0.25, 0.3) is 0 Å². The second-order valence-electron chi connectivity index (χ2n) is 5.31. The third-order valence-corrected chi connectivity index (χ3v) is 4.10. The predicted molar refractivity (Wildman–Crippen MR) is 74.3 cm³/mol. The number of rotatable bonds is 5. The van der Waals surface area contributed by atoms with Gasteiger partial charge in [-0.2, -0.15) is 0 Å². The number of nitrogens with one attached hydrogen (secondary N) is 1. The molecule has 1 N–H and O–H groups in total. The first-order valence-electron chi connectivity index (χ1n) is 7.11. The number of hydrogen-bond acceptors (Lipinski definition) is 1. The highest BCUT2D eigenvalue weighted by molar-refractivity contribution is 5.39. The Hall–Kier alpha value is -0.820. The Labute approximate surface area is 106 Å². The van der Waals surface area contributed by atoms with E-state index < -0.39 is 0 Å². The molecule has 3 atom stereocenters. The molecule has 3 unspecified atom stereocenters. The Balaban J connectivity index is 2.24. The van der Waals surface area contributed by atoms with Crippen LogP contribution in [0.15, 0.2) is 24.3 Å². The van der Waals surface area contributed by atoms with Gasteiger partial charge in [0.05, 0.1) is 0 Å². The Morgan fingerprint density at radius 3 is 2.41 bits per heavy atom. The van der Waals surface area contributed by atoms with E-state index in [1.165, 1.54) is 19.3 Å². The molecule has 1 heteroatoms. The average molecular weight is 231 g/mol. The molecule has 0 saturated heterocycles. The lowest BCUT2D eigenvalue weighted by Crippen LogP contribution is -2.25. The van der Waals surface area contributed by atoms with Crippen LogP contribution in [0.3, 0.4) is 0 Å². The van der Waals surface area contributed by atoms with E-state index in [9.17, 15) is 0 Å². The summed E-state index contributed by atoms with van der Waals surface area (Å²) in [6.07, 6.45) is 3.82. The molecular weight excluding hydrogens is 206 g/mol. The maximum absolute atomic E-state index is 3.73. The van der Waals surface area contributed by atoms with E-state index in [1.807, 2.05) is 0 Å². The van der Waals surface area contributed by atoms with Gasteiger partial charge in [-0.1, -0.05) is 51.5 Å². The molecule has 0 heterocycles. The number of hydrogen-bond donors (Lipinski definition) is 1. The largest absolute Gasteiger partial charge is 0.310 e. The zero-order valence-corrected chi connectivity index (χ0v) is 11.4. The maximum Gasteiger partial charge on any atom is 0.0354 e. The molecule has 0 saturated carbocycles. The van der Waals surface area contributed by atoms with E-state index in [0.717, 1.165) is 18.4 Å². The van der Waals surface area contributed by atoms with Crippen LogP contribution in [0.2, 0.25) is 0 Å². The fourth-order valence-electron chi connectivity index (χ4n) is 3.26. The molecule has 1 nitrogen and oxygen atoms in total. The maximum atomic E-state index is 3.73. The van der Waals surface area contributed by atoms with Crippen LogP contribution in [0.25, 0.3) is 0 Å². The summed E-state index contributed by atoms with van der Waals surface area (Å²) >= 11 is 0. The third-order valence-electron chi connectivity index (χ3n) is 4.10. The lowest BCUT2D eigenvalue weighted by molar-refractivity contribution is 0.355. The van der Waals surface area contributed by atoms with Crippen molar-refractivity contribution in [2.24, 2.45) is 5.92 Å². The fourth-order valence-corrected chi connectivity index (χ4v) is 3.26. The molecule has 1 aromatic carbocycles. The van der Waals surface area contributed by atoms with Crippen molar-refractivity contribution in [3.05, 3.63) is 35.4 Å². The van der Waals surface area contributed by atoms with Gasteiger partial charge in [0, 0.05) is 6.04 Å². The van der Waals surface area contributed by atoms with E-state index in [-0.39, 0.29) is 0 Å². The van der Waals surface area contributed by atoms with Crippen LogP contribution in [-0.4, -0.2) is 6.54 Å². The van der Waals surface area contributed by atoms with Crippen molar-refractivity contribution in [1.29, 1.82) is 0 Å². The second-order valence-corrected chi connectivity index (χ2v) is 5.31. The van der Waals surface area contributed by atoms with E-state index in [4.69, 9.17) is 0 Å². The molecule has 94 valence electrons. The minimum Gasteiger partial charge on any atom is -0.310 e. The topological polar surface area (TPSA) is 12.0 Å². The average Bonchev–Trinajstić information content (AvgIpc) is 2.61. The molecule has 0 bridgehead atoms. The molecule has 1 aliphatic carbocycles. The molecule has 0 spiro atoms. The number of benzene rings is 1. The van der Waals surface area contributed by atoms with Crippen molar-refractivity contribution in [2.45, 2.75) is 52.0 Å². The molecular formula is C16H25N. The monoisotopic (exact) mass is 231 g/mol. The predicted octanol–water partition coefficient (Wildman–Crippen LogP) is 4.26. The normalized spacial score (nSPS) is 27.1. The SMILES string of the molecule is CCCNC1c2ccccc2C(CCC)C1C. The molecule has 2 rings (SSSR count). The van der Waals surface area contributed by atoms with E-state index in [2.05, 4.69) is 50.4 Å². The quantitative estimate of drug-likeness (QED) is 0.798. The summed E-state index contributed by atoms with van der Waals surface area (Å²) < 4.78 is 0. The van der Waals surface area contributed by atoms with Gasteiger partial charge in [0.15, 0.2) is 0 Å². The Bertz CT molecular complexity index is 358. The van der Waals surface area contributed by atoms with Gasteiger partial charge >= 0.3 is 0 Å². The molecule has 1 aliphatic rings. The van der Waals surface area contributed by atoms with Gasteiger partial charge in [0.2, 0.25) is 0 Å². The van der Waals surface area contributed by atoms with Crippen molar-refractivity contribution in [1.82, 2.24) is 5.32 Å². The third kappa shape index (κ3) is 2.40. The van der Waals surface area contributed by atoms with Crippen LogP contribution in [-0.2, 0) is 0 Å². The smallest absolute Gasteiger partial charge is 0.0354 e. The van der Waals surface area contributed by atoms with Crippen molar-refractivity contribution in [2.75, 3.05) is 6.54 Å². The summed E-state index contributed by atoms with van der Waals surface area (Å²) in [6, 6.07) is 9.59. The van der Waals surface area contributed by atoms with E-state index >= 15 is 0 Å². The van der Waals surface area contributed by atoms with Gasteiger partial charge in [-0.05, 0) is 42.3 Å². The summed E-state index contributed by atoms with van der Waals surface area (Å²) in [5, 5.41) is 3.73. The lowest BCUT2D eigenvalue weighted by atomic mass is 9.88. The van der Waals surface area contributed by atoms with Crippen LogP contribution in [0.1, 0.15) is 63.1 Å². The first-order chi connectivity index (χ1) is 8.29. The molecule has 17 heavy (non-hydrogen) atoms. The van der Waals surface area contributed by atoms with Gasteiger partial charge in [-0.15, -0.1) is 0 Å². The summed E-state index contributed by atoms with van der Waals surface area (Å²) in [5.74, 6) is 1.49. The van der Waals surface area contributed by atoms with Gasteiger partial charge in [-0.25, -0.2) is 0 Å².